The van der Waals surface area contributed by atoms with Crippen LogP contribution >= 0.6 is 24.6 Å². The highest BCUT2D eigenvalue weighted by molar-refractivity contribution is 7.99. The van der Waals surface area contributed by atoms with Crippen LogP contribution in [0, 0.1) is 0 Å². The molecule has 2 N–H and O–H groups in total. The van der Waals surface area contributed by atoms with E-state index in [0.29, 0.717) is 12.3 Å². The largest absolute Gasteiger partial charge is 0.475 e. The second kappa shape index (κ2) is 7.81. The van der Waals surface area contributed by atoms with Crippen molar-refractivity contribution in [2.75, 3.05) is 16.6 Å². The van der Waals surface area contributed by atoms with E-state index in [4.69, 9.17) is 9.52 Å². The Labute approximate surface area is 137 Å². The molecule has 0 saturated heterocycles. The highest BCUT2D eigenvalue weighted by Gasteiger charge is 2.16. The van der Waals surface area contributed by atoms with Gasteiger partial charge in [0.25, 0.3) is 0 Å². The number of nitrogens with zero attached hydrogens (tertiary/aromatic N) is 1. The van der Waals surface area contributed by atoms with Gasteiger partial charge in [-0.3, -0.25) is 0 Å². The number of urea groups is 1. The van der Waals surface area contributed by atoms with Crippen LogP contribution in [0.2, 0.25) is 0 Å². The molecule has 1 aromatic heterocycles. The fourth-order valence-corrected chi connectivity index (χ4v) is 2.55. The summed E-state index contributed by atoms with van der Waals surface area (Å²) >= 11 is 5.65. The summed E-state index contributed by atoms with van der Waals surface area (Å²) in [5.41, 5.74) is 0.258. The third-order valence-electron chi connectivity index (χ3n) is 2.62. The van der Waals surface area contributed by atoms with E-state index >= 15 is 0 Å². The Balaban J connectivity index is 1.77. The molecule has 2 rings (SSSR count). The van der Waals surface area contributed by atoms with Crippen LogP contribution in [-0.2, 0) is 0 Å². The predicted octanol–water partition coefficient (Wildman–Crippen LogP) is 3.13. The smallest absolute Gasteiger partial charge is 0.371 e. The Morgan fingerprint density at radius 3 is 2.68 bits per heavy atom. The van der Waals surface area contributed by atoms with Crippen LogP contribution in [0.1, 0.15) is 10.6 Å². The molecule has 0 saturated carbocycles. The summed E-state index contributed by atoms with van der Waals surface area (Å²) in [7, 11) is 0. The molecule has 1 aromatic carbocycles. The van der Waals surface area contributed by atoms with E-state index in [0.717, 1.165) is 15.5 Å². The number of carboxylic acid groups (broad SMARTS) is 1. The van der Waals surface area contributed by atoms with Gasteiger partial charge in [0, 0.05) is 23.3 Å². The molecule has 8 heteroatoms. The van der Waals surface area contributed by atoms with E-state index in [1.807, 2.05) is 30.3 Å². The lowest BCUT2D eigenvalue weighted by Crippen LogP contribution is -2.35. The first kappa shape index (κ1) is 16.3. The summed E-state index contributed by atoms with van der Waals surface area (Å²) in [6, 6.07) is 10.6. The number of amides is 2. The molecule has 0 unspecified atom stereocenters. The van der Waals surface area contributed by atoms with E-state index in [1.54, 1.807) is 11.8 Å². The SMILES string of the molecule is O=C(O)c1cc(N(S)C(=O)NCCSc2ccccc2)co1. The molecule has 0 aliphatic heterocycles. The van der Waals surface area contributed by atoms with Gasteiger partial charge in [0.2, 0.25) is 5.76 Å². The predicted molar refractivity (Wildman–Crippen MR) is 87.7 cm³/mol. The van der Waals surface area contributed by atoms with Gasteiger partial charge in [0.15, 0.2) is 0 Å². The molecule has 2 amide bonds. The van der Waals surface area contributed by atoms with E-state index in [2.05, 4.69) is 18.1 Å². The third-order valence-corrected chi connectivity index (χ3v) is 4.05. The van der Waals surface area contributed by atoms with E-state index in [-0.39, 0.29) is 11.4 Å². The molecule has 0 atom stereocenters. The molecule has 0 spiro atoms. The average molecular weight is 338 g/mol. The highest BCUT2D eigenvalue weighted by atomic mass is 32.2. The number of rotatable bonds is 6. The summed E-state index contributed by atoms with van der Waals surface area (Å²) in [5, 5.41) is 11.4. The average Bonchev–Trinajstić information content (AvgIpc) is 3.02. The molecule has 1 heterocycles. The van der Waals surface area contributed by atoms with Crippen LogP contribution in [0.5, 0.6) is 0 Å². The molecule has 0 aliphatic carbocycles. The number of carbonyl (C=O) groups is 2. The summed E-state index contributed by atoms with van der Waals surface area (Å²) in [5.74, 6) is -0.738. The topological polar surface area (TPSA) is 82.8 Å². The lowest BCUT2D eigenvalue weighted by atomic mass is 10.4. The van der Waals surface area contributed by atoms with Crippen molar-refractivity contribution in [1.29, 1.82) is 0 Å². The number of carboxylic acids is 1. The van der Waals surface area contributed by atoms with Gasteiger partial charge in [-0.25, -0.2) is 13.9 Å². The van der Waals surface area contributed by atoms with Crippen LogP contribution < -0.4 is 9.62 Å². The van der Waals surface area contributed by atoms with Crippen LogP contribution in [-0.4, -0.2) is 29.4 Å². The van der Waals surface area contributed by atoms with Crippen molar-refractivity contribution in [1.82, 2.24) is 5.32 Å². The zero-order chi connectivity index (χ0) is 15.9. The van der Waals surface area contributed by atoms with Crippen LogP contribution in [0.15, 0.2) is 52.0 Å². The number of furan rings is 1. The first-order valence-corrected chi connectivity index (χ1v) is 7.73. The number of hydrogen-bond acceptors (Lipinski definition) is 5. The second-order valence-corrected chi connectivity index (χ2v) is 5.75. The number of hydrogen-bond donors (Lipinski definition) is 3. The monoisotopic (exact) mass is 338 g/mol. The maximum Gasteiger partial charge on any atom is 0.371 e. The fourth-order valence-electron chi connectivity index (χ4n) is 1.59. The summed E-state index contributed by atoms with van der Waals surface area (Å²) in [4.78, 5) is 23.7. The van der Waals surface area contributed by atoms with Crippen molar-refractivity contribution in [3.05, 3.63) is 48.4 Å². The quantitative estimate of drug-likeness (QED) is 0.428. The minimum absolute atomic E-state index is 0.249. The molecule has 0 aliphatic rings. The Morgan fingerprint density at radius 1 is 1.32 bits per heavy atom. The Hall–Kier alpha value is -2.06. The summed E-state index contributed by atoms with van der Waals surface area (Å²) in [6.45, 7) is 0.457. The van der Waals surface area contributed by atoms with Crippen molar-refractivity contribution in [3.8, 4) is 0 Å². The molecule has 0 bridgehead atoms. The van der Waals surface area contributed by atoms with Crippen molar-refractivity contribution >= 4 is 42.3 Å². The van der Waals surface area contributed by atoms with Gasteiger partial charge in [-0.15, -0.1) is 11.8 Å². The highest BCUT2D eigenvalue weighted by Crippen LogP contribution is 2.20. The van der Waals surface area contributed by atoms with Gasteiger partial charge in [-0.05, 0) is 12.1 Å². The van der Waals surface area contributed by atoms with Gasteiger partial charge in [0.1, 0.15) is 6.26 Å². The number of benzene rings is 1. The fraction of sp³-hybridized carbons (Fsp3) is 0.143. The zero-order valence-electron chi connectivity index (χ0n) is 11.4. The first-order chi connectivity index (χ1) is 10.6. The van der Waals surface area contributed by atoms with Gasteiger partial charge >= 0.3 is 12.0 Å². The summed E-state index contributed by atoms with van der Waals surface area (Å²) < 4.78 is 5.81. The lowest BCUT2D eigenvalue weighted by molar-refractivity contribution is 0.0662. The van der Waals surface area contributed by atoms with Crippen LogP contribution in [0.3, 0.4) is 0 Å². The molecular formula is C14H14N2O4S2. The Bertz CT molecular complexity index is 645. The minimum atomic E-state index is -1.20. The number of anilines is 1. The van der Waals surface area contributed by atoms with Crippen molar-refractivity contribution < 1.29 is 19.1 Å². The Kier molecular flexibility index (Phi) is 5.79. The van der Waals surface area contributed by atoms with Gasteiger partial charge in [-0.2, -0.15) is 0 Å². The first-order valence-electron chi connectivity index (χ1n) is 6.34. The molecule has 0 fully saturated rings. The number of aromatic carboxylic acids is 1. The van der Waals surface area contributed by atoms with E-state index in [9.17, 15) is 9.59 Å². The maximum atomic E-state index is 11.9. The molecule has 0 radical (unpaired) electrons. The Morgan fingerprint density at radius 2 is 2.05 bits per heavy atom. The molecule has 2 aromatic rings. The van der Waals surface area contributed by atoms with Crippen LogP contribution in [0.4, 0.5) is 10.5 Å². The number of nitrogens with one attached hydrogen (secondary N) is 1. The molecule has 22 heavy (non-hydrogen) atoms. The standard InChI is InChI=1S/C14H14N2O4S2/c17-13(18)12-8-10(9-20-12)16(21)14(19)15-6-7-22-11-4-2-1-3-5-11/h1-5,8-9,21H,6-7H2,(H,15,19)(H,17,18). The van der Waals surface area contributed by atoms with E-state index < -0.39 is 12.0 Å². The number of thiol groups is 1. The van der Waals surface area contributed by atoms with E-state index in [1.165, 1.54) is 6.07 Å². The lowest BCUT2D eigenvalue weighted by Gasteiger charge is -2.14. The maximum absolute atomic E-state index is 11.9. The van der Waals surface area contributed by atoms with Gasteiger partial charge < -0.3 is 14.8 Å². The van der Waals surface area contributed by atoms with Crippen molar-refractivity contribution in [2.24, 2.45) is 0 Å². The minimum Gasteiger partial charge on any atom is -0.475 e. The molecular weight excluding hydrogens is 324 g/mol. The summed E-state index contributed by atoms with van der Waals surface area (Å²) in [6.07, 6.45) is 1.16. The molecule has 6 nitrogen and oxygen atoms in total. The van der Waals surface area contributed by atoms with Crippen molar-refractivity contribution in [2.45, 2.75) is 4.90 Å². The number of carbonyl (C=O) groups excluding carboxylic acids is 1. The molecule has 116 valence electrons. The normalized spacial score (nSPS) is 10.2. The van der Waals surface area contributed by atoms with Gasteiger partial charge in [-0.1, -0.05) is 31.0 Å². The number of thioether (sulfide) groups is 1. The van der Waals surface area contributed by atoms with Gasteiger partial charge in [0.05, 0.1) is 5.69 Å². The second-order valence-electron chi connectivity index (χ2n) is 4.18. The third kappa shape index (κ3) is 4.47. The zero-order valence-corrected chi connectivity index (χ0v) is 13.1. The van der Waals surface area contributed by atoms with Crippen LogP contribution in [0.25, 0.3) is 0 Å². The van der Waals surface area contributed by atoms with Crippen molar-refractivity contribution in [3.63, 3.8) is 0 Å².